The minimum absolute atomic E-state index is 0.122. The van der Waals surface area contributed by atoms with Gasteiger partial charge in [0.15, 0.2) is 11.5 Å². The smallest absolute Gasteiger partial charge is 0.251 e. The summed E-state index contributed by atoms with van der Waals surface area (Å²) >= 11 is 0. The van der Waals surface area contributed by atoms with Crippen molar-refractivity contribution in [3.63, 3.8) is 0 Å². The fourth-order valence-electron chi connectivity index (χ4n) is 2.62. The highest BCUT2D eigenvalue weighted by atomic mass is 16.5. The number of aryl methyl sites for hydroxylation is 1. The fraction of sp³-hybridized carbons (Fsp3) is 0.381. The Hall–Kier alpha value is -2.69. The first-order chi connectivity index (χ1) is 12.5. The second-order valence-corrected chi connectivity index (χ2v) is 6.24. The molecule has 0 heterocycles. The second-order valence-electron chi connectivity index (χ2n) is 6.24. The van der Waals surface area contributed by atoms with Crippen LogP contribution in [0.2, 0.25) is 0 Å². The molecule has 0 spiro atoms. The van der Waals surface area contributed by atoms with Gasteiger partial charge in [-0.3, -0.25) is 4.79 Å². The molecule has 0 saturated carbocycles. The number of hydrogen-bond acceptors (Lipinski definition) is 4. The molecule has 5 heteroatoms. The molecule has 0 saturated heterocycles. The molecule has 0 fully saturated rings. The molecule has 1 N–H and O–H groups in total. The lowest BCUT2D eigenvalue weighted by molar-refractivity contribution is 0.0953. The number of amides is 1. The normalized spacial score (nSPS) is 10.5. The molecule has 140 valence electrons. The van der Waals surface area contributed by atoms with Crippen molar-refractivity contribution in [3.05, 3.63) is 53.6 Å². The zero-order chi connectivity index (χ0) is 18.9. The predicted molar refractivity (Wildman–Crippen MR) is 102 cm³/mol. The SMILES string of the molecule is COc1ccc(C(=O)NCCCc2cccc(OC(C)C)c2)cc1OC. The third kappa shape index (κ3) is 5.69. The molecule has 0 aliphatic carbocycles. The van der Waals surface area contributed by atoms with Gasteiger partial charge in [-0.15, -0.1) is 0 Å². The molecule has 0 aliphatic rings. The Morgan fingerprint density at radius 3 is 2.50 bits per heavy atom. The van der Waals surface area contributed by atoms with Crippen LogP contribution in [0.5, 0.6) is 17.2 Å². The first-order valence-corrected chi connectivity index (χ1v) is 8.79. The van der Waals surface area contributed by atoms with Crippen LogP contribution in [0, 0.1) is 0 Å². The van der Waals surface area contributed by atoms with Crippen molar-refractivity contribution in [2.24, 2.45) is 0 Å². The molecule has 0 aliphatic heterocycles. The van der Waals surface area contributed by atoms with Crippen molar-refractivity contribution in [2.45, 2.75) is 32.8 Å². The Labute approximate surface area is 155 Å². The van der Waals surface area contributed by atoms with E-state index in [0.717, 1.165) is 18.6 Å². The van der Waals surface area contributed by atoms with Crippen molar-refractivity contribution >= 4 is 5.91 Å². The van der Waals surface area contributed by atoms with Gasteiger partial charge in [0.2, 0.25) is 0 Å². The van der Waals surface area contributed by atoms with Gasteiger partial charge in [0.05, 0.1) is 20.3 Å². The van der Waals surface area contributed by atoms with Crippen LogP contribution >= 0.6 is 0 Å². The molecule has 2 aromatic carbocycles. The van der Waals surface area contributed by atoms with Gasteiger partial charge in [-0.2, -0.15) is 0 Å². The largest absolute Gasteiger partial charge is 0.493 e. The first kappa shape index (κ1) is 19.6. The maximum absolute atomic E-state index is 12.3. The average molecular weight is 357 g/mol. The van der Waals surface area contributed by atoms with Crippen LogP contribution in [-0.4, -0.2) is 32.8 Å². The standard InChI is InChI=1S/C21H27NO4/c1-15(2)26-18-9-5-7-16(13-18)8-6-12-22-21(23)17-10-11-19(24-3)20(14-17)25-4/h5,7,9-11,13-15H,6,8,12H2,1-4H3,(H,22,23). The zero-order valence-electron chi connectivity index (χ0n) is 15.9. The summed E-state index contributed by atoms with van der Waals surface area (Å²) in [5.74, 6) is 1.91. The molecular formula is C21H27NO4. The van der Waals surface area contributed by atoms with Gasteiger partial charge in [0, 0.05) is 12.1 Å². The summed E-state index contributed by atoms with van der Waals surface area (Å²) in [5.41, 5.74) is 1.75. The van der Waals surface area contributed by atoms with Crippen molar-refractivity contribution in [3.8, 4) is 17.2 Å². The van der Waals surface area contributed by atoms with Crippen LogP contribution < -0.4 is 19.5 Å². The van der Waals surface area contributed by atoms with E-state index in [1.54, 1.807) is 32.4 Å². The Morgan fingerprint density at radius 2 is 1.81 bits per heavy atom. The van der Waals surface area contributed by atoms with E-state index in [4.69, 9.17) is 14.2 Å². The van der Waals surface area contributed by atoms with E-state index in [-0.39, 0.29) is 12.0 Å². The predicted octanol–water partition coefficient (Wildman–Crippen LogP) is 3.85. The van der Waals surface area contributed by atoms with Crippen LogP contribution in [0.25, 0.3) is 0 Å². The Kier molecular flexibility index (Phi) is 7.33. The van der Waals surface area contributed by atoms with Crippen molar-refractivity contribution in [1.82, 2.24) is 5.32 Å². The highest BCUT2D eigenvalue weighted by Gasteiger charge is 2.10. The van der Waals surface area contributed by atoms with E-state index in [1.807, 2.05) is 26.0 Å². The van der Waals surface area contributed by atoms with E-state index < -0.39 is 0 Å². The van der Waals surface area contributed by atoms with Gasteiger partial charge < -0.3 is 19.5 Å². The number of methoxy groups -OCH3 is 2. The summed E-state index contributed by atoms with van der Waals surface area (Å²) in [6, 6.07) is 13.2. The molecule has 26 heavy (non-hydrogen) atoms. The highest BCUT2D eigenvalue weighted by Crippen LogP contribution is 2.27. The van der Waals surface area contributed by atoms with E-state index in [2.05, 4.69) is 17.4 Å². The lowest BCUT2D eigenvalue weighted by Crippen LogP contribution is -2.24. The lowest BCUT2D eigenvalue weighted by atomic mass is 10.1. The second kappa shape index (κ2) is 9.70. The summed E-state index contributed by atoms with van der Waals surface area (Å²) in [4.78, 5) is 12.3. The monoisotopic (exact) mass is 357 g/mol. The number of carbonyl (C=O) groups is 1. The summed E-state index contributed by atoms with van der Waals surface area (Å²) in [5, 5.41) is 2.94. The molecule has 0 atom stereocenters. The number of nitrogens with one attached hydrogen (secondary N) is 1. The highest BCUT2D eigenvalue weighted by molar-refractivity contribution is 5.94. The number of ether oxygens (including phenoxy) is 3. The fourth-order valence-corrected chi connectivity index (χ4v) is 2.62. The van der Waals surface area contributed by atoms with Crippen molar-refractivity contribution in [1.29, 1.82) is 0 Å². The molecule has 0 aromatic heterocycles. The van der Waals surface area contributed by atoms with Crippen LogP contribution in [0.1, 0.15) is 36.2 Å². The molecule has 2 rings (SSSR count). The van der Waals surface area contributed by atoms with E-state index in [9.17, 15) is 4.79 Å². The van der Waals surface area contributed by atoms with Gasteiger partial charge in [0.25, 0.3) is 5.91 Å². The number of benzene rings is 2. The molecule has 5 nitrogen and oxygen atoms in total. The van der Waals surface area contributed by atoms with Crippen LogP contribution in [0.4, 0.5) is 0 Å². The summed E-state index contributed by atoms with van der Waals surface area (Å²) in [6.45, 7) is 4.62. The summed E-state index contributed by atoms with van der Waals surface area (Å²) in [7, 11) is 3.12. The number of carbonyl (C=O) groups excluding carboxylic acids is 1. The average Bonchev–Trinajstić information content (AvgIpc) is 2.64. The molecule has 2 aromatic rings. The third-order valence-corrected chi connectivity index (χ3v) is 3.84. The van der Waals surface area contributed by atoms with Crippen molar-refractivity contribution < 1.29 is 19.0 Å². The van der Waals surface area contributed by atoms with Crippen LogP contribution in [-0.2, 0) is 6.42 Å². The lowest BCUT2D eigenvalue weighted by Gasteiger charge is -2.11. The number of hydrogen-bond donors (Lipinski definition) is 1. The maximum atomic E-state index is 12.3. The molecular weight excluding hydrogens is 330 g/mol. The van der Waals surface area contributed by atoms with Gasteiger partial charge >= 0.3 is 0 Å². The topological polar surface area (TPSA) is 56.8 Å². The van der Waals surface area contributed by atoms with Gasteiger partial charge in [0.1, 0.15) is 5.75 Å². The van der Waals surface area contributed by atoms with Gasteiger partial charge in [-0.1, -0.05) is 12.1 Å². The van der Waals surface area contributed by atoms with Crippen LogP contribution in [0.15, 0.2) is 42.5 Å². The van der Waals surface area contributed by atoms with Gasteiger partial charge in [-0.05, 0) is 62.6 Å². The third-order valence-electron chi connectivity index (χ3n) is 3.84. The van der Waals surface area contributed by atoms with Crippen LogP contribution in [0.3, 0.4) is 0 Å². The van der Waals surface area contributed by atoms with Gasteiger partial charge in [-0.25, -0.2) is 0 Å². The van der Waals surface area contributed by atoms with E-state index in [0.29, 0.717) is 23.6 Å². The maximum Gasteiger partial charge on any atom is 0.251 e. The molecule has 0 bridgehead atoms. The summed E-state index contributed by atoms with van der Waals surface area (Å²) in [6.07, 6.45) is 1.89. The Morgan fingerprint density at radius 1 is 1.04 bits per heavy atom. The van der Waals surface area contributed by atoms with E-state index in [1.165, 1.54) is 5.56 Å². The Balaban J connectivity index is 1.83. The molecule has 0 radical (unpaired) electrons. The quantitative estimate of drug-likeness (QED) is 0.693. The van der Waals surface area contributed by atoms with Crippen molar-refractivity contribution in [2.75, 3.05) is 20.8 Å². The van der Waals surface area contributed by atoms with E-state index >= 15 is 0 Å². The zero-order valence-corrected chi connectivity index (χ0v) is 15.9. The molecule has 1 amide bonds. The Bertz CT molecular complexity index is 728. The number of rotatable bonds is 9. The first-order valence-electron chi connectivity index (χ1n) is 8.79. The summed E-state index contributed by atoms with van der Waals surface area (Å²) < 4.78 is 16.1. The minimum atomic E-state index is -0.122. The minimum Gasteiger partial charge on any atom is -0.493 e. The molecule has 0 unspecified atom stereocenters.